The number of piperazine rings is 1. The van der Waals surface area contributed by atoms with Crippen LogP contribution in [0.15, 0.2) is 42.5 Å². The molecule has 35 heavy (non-hydrogen) atoms. The normalized spacial score (nSPS) is 18.9. The van der Waals surface area contributed by atoms with Crippen molar-refractivity contribution in [1.29, 1.82) is 0 Å². The predicted octanol–water partition coefficient (Wildman–Crippen LogP) is 3.89. The van der Waals surface area contributed by atoms with Crippen LogP contribution in [-0.2, 0) is 11.3 Å². The minimum atomic E-state index is -0.458. The quantitative estimate of drug-likeness (QED) is 0.499. The molecule has 0 bridgehead atoms. The van der Waals surface area contributed by atoms with Gasteiger partial charge >= 0.3 is 0 Å². The van der Waals surface area contributed by atoms with Crippen molar-refractivity contribution in [1.82, 2.24) is 9.80 Å². The van der Waals surface area contributed by atoms with Crippen LogP contribution in [-0.4, -0.2) is 65.3 Å². The second-order valence-corrected chi connectivity index (χ2v) is 9.42. The molecule has 0 spiro atoms. The molecule has 4 rings (SSSR count). The molecular weight excluding hydrogens is 446 g/mol. The first-order valence-electron chi connectivity index (χ1n) is 12.2. The van der Waals surface area contributed by atoms with Gasteiger partial charge in [-0.2, -0.15) is 0 Å². The van der Waals surface area contributed by atoms with E-state index in [1.165, 1.54) is 37.8 Å². The number of rotatable bonds is 6. The Kier molecular flexibility index (Phi) is 7.65. The highest BCUT2D eigenvalue weighted by molar-refractivity contribution is 6.05. The van der Waals surface area contributed by atoms with Gasteiger partial charge < -0.3 is 15.1 Å². The van der Waals surface area contributed by atoms with Crippen LogP contribution in [0, 0.1) is 10.1 Å². The molecule has 0 saturated carbocycles. The first-order valence-corrected chi connectivity index (χ1v) is 12.2. The number of hydrogen-bond donors (Lipinski definition) is 1. The lowest BCUT2D eigenvalue weighted by molar-refractivity contribution is -0.384. The third kappa shape index (κ3) is 5.97. The van der Waals surface area contributed by atoms with Gasteiger partial charge in [-0.25, -0.2) is 0 Å². The number of carbonyl (C=O) groups is 2. The Morgan fingerprint density at radius 3 is 2.37 bits per heavy atom. The lowest BCUT2D eigenvalue weighted by Crippen LogP contribution is -2.48. The summed E-state index contributed by atoms with van der Waals surface area (Å²) in [4.78, 5) is 41.8. The Hall–Kier alpha value is -3.46. The summed E-state index contributed by atoms with van der Waals surface area (Å²) in [5.41, 5.74) is 2.43. The SMILES string of the molecule is CC(=O)N1CCN(c2ccc(C(=O)Nc3ccc(CN4CCCCC4C)cc3)cc2[N+](=O)[O-])CC1. The number of nitro benzene ring substituents is 1. The Bertz CT molecular complexity index is 1080. The minimum Gasteiger partial charge on any atom is -0.362 e. The minimum absolute atomic E-state index is 0.000236. The standard InChI is InChI=1S/C26H33N5O4/c1-19-5-3-4-12-30(19)18-21-6-9-23(10-7-21)27-26(33)22-8-11-24(25(17-22)31(34)35)29-15-13-28(14-16-29)20(2)32/h6-11,17,19H,3-5,12-16,18H2,1-2H3,(H,27,33). The number of anilines is 2. The van der Waals surface area contributed by atoms with E-state index in [2.05, 4.69) is 17.1 Å². The highest BCUT2D eigenvalue weighted by Gasteiger charge is 2.26. The molecule has 0 radical (unpaired) electrons. The zero-order valence-corrected chi connectivity index (χ0v) is 20.4. The van der Waals surface area contributed by atoms with Crippen LogP contribution in [0.3, 0.4) is 0 Å². The van der Waals surface area contributed by atoms with Crippen LogP contribution in [0.25, 0.3) is 0 Å². The first-order chi connectivity index (χ1) is 16.8. The fourth-order valence-corrected chi connectivity index (χ4v) is 4.86. The summed E-state index contributed by atoms with van der Waals surface area (Å²) in [6.45, 7) is 7.84. The Morgan fingerprint density at radius 2 is 1.74 bits per heavy atom. The van der Waals surface area contributed by atoms with Crippen LogP contribution < -0.4 is 10.2 Å². The molecule has 0 aliphatic carbocycles. The van der Waals surface area contributed by atoms with Crippen molar-refractivity contribution in [3.63, 3.8) is 0 Å². The molecule has 2 aromatic rings. The van der Waals surface area contributed by atoms with Crippen LogP contribution in [0.1, 0.15) is 49.0 Å². The number of nitrogens with one attached hydrogen (secondary N) is 1. The molecule has 2 saturated heterocycles. The third-order valence-electron chi connectivity index (χ3n) is 7.04. The van der Waals surface area contributed by atoms with Crippen LogP contribution in [0.4, 0.5) is 17.1 Å². The van der Waals surface area contributed by atoms with E-state index >= 15 is 0 Å². The van der Waals surface area contributed by atoms with Crippen molar-refractivity contribution < 1.29 is 14.5 Å². The van der Waals surface area contributed by atoms with E-state index < -0.39 is 10.8 Å². The van der Waals surface area contributed by atoms with Gasteiger partial charge in [0.15, 0.2) is 0 Å². The lowest BCUT2D eigenvalue weighted by Gasteiger charge is -2.35. The van der Waals surface area contributed by atoms with Crippen molar-refractivity contribution in [2.45, 2.75) is 45.7 Å². The van der Waals surface area contributed by atoms with Gasteiger partial charge in [0.05, 0.1) is 4.92 Å². The number of nitrogens with zero attached hydrogens (tertiary/aromatic N) is 4. The molecule has 1 unspecified atom stereocenters. The Morgan fingerprint density at radius 1 is 1.03 bits per heavy atom. The molecular formula is C26H33N5O4. The number of piperidine rings is 1. The Balaban J connectivity index is 1.41. The largest absolute Gasteiger partial charge is 0.362 e. The van der Waals surface area contributed by atoms with Gasteiger partial charge in [-0.05, 0) is 56.1 Å². The molecule has 1 N–H and O–H groups in total. The molecule has 9 nitrogen and oxygen atoms in total. The van der Waals surface area contributed by atoms with Crippen molar-refractivity contribution in [2.24, 2.45) is 0 Å². The van der Waals surface area contributed by atoms with Crippen LogP contribution in [0.5, 0.6) is 0 Å². The fraction of sp³-hybridized carbons (Fsp3) is 0.462. The Labute approximate surface area is 205 Å². The van der Waals surface area contributed by atoms with Gasteiger partial charge in [0.2, 0.25) is 5.91 Å². The number of benzene rings is 2. The molecule has 2 aromatic carbocycles. The average Bonchev–Trinajstić information content (AvgIpc) is 2.86. The fourth-order valence-electron chi connectivity index (χ4n) is 4.86. The summed E-state index contributed by atoms with van der Waals surface area (Å²) in [6.07, 6.45) is 3.75. The summed E-state index contributed by atoms with van der Waals surface area (Å²) in [6, 6.07) is 12.9. The first kappa shape index (κ1) is 24.7. The number of carbonyl (C=O) groups excluding carboxylic acids is 2. The lowest BCUT2D eigenvalue weighted by atomic mass is 10.0. The number of hydrogen-bond acceptors (Lipinski definition) is 6. The van der Waals surface area contributed by atoms with Crippen molar-refractivity contribution in [3.8, 4) is 0 Å². The number of nitro groups is 1. The summed E-state index contributed by atoms with van der Waals surface area (Å²) < 4.78 is 0. The van der Waals surface area contributed by atoms with Gasteiger partial charge in [0.25, 0.3) is 11.6 Å². The zero-order valence-electron chi connectivity index (χ0n) is 20.4. The van der Waals surface area contributed by atoms with Crippen LogP contribution in [0.2, 0.25) is 0 Å². The topological polar surface area (TPSA) is 99.0 Å². The highest BCUT2D eigenvalue weighted by atomic mass is 16.6. The molecule has 2 fully saturated rings. The number of likely N-dealkylation sites (tertiary alicyclic amines) is 1. The average molecular weight is 480 g/mol. The second-order valence-electron chi connectivity index (χ2n) is 9.42. The van der Waals surface area contributed by atoms with Crippen molar-refractivity contribution in [2.75, 3.05) is 42.9 Å². The van der Waals surface area contributed by atoms with Gasteiger partial charge in [0.1, 0.15) is 5.69 Å². The molecule has 2 heterocycles. The second kappa shape index (κ2) is 10.9. The molecule has 2 aliphatic heterocycles. The van der Waals surface area contributed by atoms with E-state index in [-0.39, 0.29) is 17.2 Å². The van der Waals surface area contributed by atoms with Crippen molar-refractivity contribution in [3.05, 3.63) is 63.7 Å². The molecule has 9 heteroatoms. The van der Waals surface area contributed by atoms with Crippen LogP contribution >= 0.6 is 0 Å². The third-order valence-corrected chi connectivity index (χ3v) is 7.04. The summed E-state index contributed by atoms with van der Waals surface area (Å²) in [5, 5.41) is 14.6. The highest BCUT2D eigenvalue weighted by Crippen LogP contribution is 2.30. The molecule has 2 amide bonds. The van der Waals surface area contributed by atoms with E-state index in [1.807, 2.05) is 29.2 Å². The molecule has 0 aromatic heterocycles. The van der Waals surface area contributed by atoms with Gasteiger partial charge in [-0.1, -0.05) is 18.6 Å². The maximum absolute atomic E-state index is 12.8. The van der Waals surface area contributed by atoms with Gasteiger partial charge in [-0.3, -0.25) is 24.6 Å². The van der Waals surface area contributed by atoms with E-state index in [9.17, 15) is 19.7 Å². The molecule has 1 atom stereocenters. The summed E-state index contributed by atoms with van der Waals surface area (Å²) in [5.74, 6) is -0.390. The molecule has 2 aliphatic rings. The summed E-state index contributed by atoms with van der Waals surface area (Å²) in [7, 11) is 0. The maximum atomic E-state index is 12.8. The van der Waals surface area contributed by atoms with E-state index in [0.29, 0.717) is 43.6 Å². The van der Waals surface area contributed by atoms with Crippen molar-refractivity contribution >= 4 is 28.9 Å². The monoisotopic (exact) mass is 479 g/mol. The van der Waals surface area contributed by atoms with Gasteiger partial charge in [-0.15, -0.1) is 0 Å². The number of amides is 2. The van der Waals surface area contributed by atoms with E-state index in [4.69, 9.17) is 0 Å². The van der Waals surface area contributed by atoms with Gasteiger partial charge in [0, 0.05) is 63.0 Å². The zero-order chi connectivity index (χ0) is 24.9. The maximum Gasteiger partial charge on any atom is 0.293 e. The van der Waals surface area contributed by atoms with E-state index in [1.54, 1.807) is 17.0 Å². The summed E-state index contributed by atoms with van der Waals surface area (Å²) >= 11 is 0. The van der Waals surface area contributed by atoms with E-state index in [0.717, 1.165) is 13.1 Å². The molecule has 186 valence electrons. The predicted molar refractivity (Wildman–Crippen MR) is 136 cm³/mol. The smallest absolute Gasteiger partial charge is 0.293 e.